The molecule has 3 saturated heterocycles. The molecular formula is C24H35BN2O11S2. The van der Waals surface area contributed by atoms with Gasteiger partial charge in [0.05, 0.1) is 31.8 Å². The van der Waals surface area contributed by atoms with E-state index in [9.17, 15) is 25.5 Å². The lowest BCUT2D eigenvalue weighted by atomic mass is 9.89. The summed E-state index contributed by atoms with van der Waals surface area (Å²) < 4.78 is 35.3. The molecule has 8 atom stereocenters. The van der Waals surface area contributed by atoms with Gasteiger partial charge >= 0.3 is 0 Å². The van der Waals surface area contributed by atoms with Crippen LogP contribution in [0.15, 0.2) is 24.3 Å². The maximum absolute atomic E-state index is 11.2. The SMILES string of the molecule is [B]SCNC(=S)Nc1ccc(OC2OC3(COC(C)(C)OC3)CC(OC3OC(CO)C(O)C(O)C3O)C2O)cc1. The quantitative estimate of drug-likeness (QED) is 0.109. The van der Waals surface area contributed by atoms with Gasteiger partial charge in [0.2, 0.25) is 6.29 Å². The van der Waals surface area contributed by atoms with E-state index in [2.05, 4.69) is 10.6 Å². The minimum atomic E-state index is -1.65. The molecule has 13 nitrogen and oxygen atoms in total. The second-order valence-corrected chi connectivity index (χ2v) is 11.3. The summed E-state index contributed by atoms with van der Waals surface area (Å²) in [5, 5.41) is 57.8. The number of ether oxygens (including phenoxy) is 6. The number of hydrogen-bond donors (Lipinski definition) is 7. The van der Waals surface area contributed by atoms with Crippen LogP contribution in [0.5, 0.6) is 5.75 Å². The van der Waals surface area contributed by atoms with Crippen LogP contribution in [0.1, 0.15) is 20.3 Å². The molecule has 7 N–H and O–H groups in total. The molecule has 1 spiro atoms. The third-order valence-corrected chi connectivity index (χ3v) is 7.36. The van der Waals surface area contributed by atoms with Gasteiger partial charge in [0.15, 0.2) is 24.3 Å². The van der Waals surface area contributed by atoms with Crippen molar-refractivity contribution in [2.24, 2.45) is 0 Å². The highest BCUT2D eigenvalue weighted by Gasteiger charge is 2.54. The van der Waals surface area contributed by atoms with Crippen molar-refractivity contribution >= 4 is 41.8 Å². The molecule has 0 bridgehead atoms. The fraction of sp³-hybridized carbons (Fsp3) is 0.708. The van der Waals surface area contributed by atoms with Crippen LogP contribution in [-0.4, -0.2) is 124 Å². The Labute approximate surface area is 242 Å². The van der Waals surface area contributed by atoms with E-state index in [1.165, 1.54) is 0 Å². The molecule has 16 heteroatoms. The van der Waals surface area contributed by atoms with Gasteiger partial charge in [-0.1, -0.05) is 0 Å². The molecule has 3 heterocycles. The molecule has 40 heavy (non-hydrogen) atoms. The first-order valence-corrected chi connectivity index (χ1v) is 14.1. The van der Waals surface area contributed by atoms with Crippen molar-refractivity contribution in [3.05, 3.63) is 24.3 Å². The van der Waals surface area contributed by atoms with E-state index in [0.717, 1.165) is 11.6 Å². The summed E-state index contributed by atoms with van der Waals surface area (Å²) in [5.74, 6) is -0.0362. The predicted octanol–water partition coefficient (Wildman–Crippen LogP) is -1.06. The van der Waals surface area contributed by atoms with Gasteiger partial charge in [0.25, 0.3) is 0 Å². The van der Waals surface area contributed by atoms with Crippen LogP contribution in [0.3, 0.4) is 0 Å². The van der Waals surface area contributed by atoms with Crippen LogP contribution >= 0.6 is 23.8 Å². The number of hydrogen-bond acceptors (Lipinski definition) is 13. The van der Waals surface area contributed by atoms with E-state index in [-0.39, 0.29) is 19.6 Å². The van der Waals surface area contributed by atoms with E-state index >= 15 is 0 Å². The molecule has 8 unspecified atom stereocenters. The lowest BCUT2D eigenvalue weighted by molar-refractivity contribution is -0.379. The van der Waals surface area contributed by atoms with E-state index in [1.54, 1.807) is 38.1 Å². The Kier molecular flexibility index (Phi) is 10.6. The molecule has 4 rings (SSSR count). The number of rotatable bonds is 8. The topological polar surface area (TPSA) is 181 Å². The van der Waals surface area contributed by atoms with E-state index < -0.39 is 67.2 Å². The minimum Gasteiger partial charge on any atom is -0.462 e. The normalized spacial score (nSPS) is 35.2. The molecule has 0 amide bonds. The standard InChI is InChI=1S/C24H35BN2O11S2/c1-23(2)33-9-24(10-34-23)7-14(36-20-19(32)18(31)16(29)15(8-28)37-20)17(30)21(38-24)35-13-5-3-12(4-6-13)27-22(39)26-11-40-25/h3-6,14-21,28-32H,7-11H2,1-2H3,(H2,26,27,39). The Bertz CT molecular complexity index is 982. The third-order valence-electron chi connectivity index (χ3n) is 6.80. The molecule has 2 radical (unpaired) electrons. The van der Waals surface area contributed by atoms with Crippen LogP contribution in [0, 0.1) is 0 Å². The first kappa shape index (κ1) is 31.7. The lowest BCUT2D eigenvalue weighted by Crippen LogP contribution is -2.66. The van der Waals surface area contributed by atoms with Crippen LogP contribution in [0.25, 0.3) is 0 Å². The van der Waals surface area contributed by atoms with E-state index in [1.807, 2.05) is 0 Å². The van der Waals surface area contributed by atoms with Gasteiger partial charge in [0, 0.05) is 12.1 Å². The van der Waals surface area contributed by atoms with Crippen LogP contribution in [0.2, 0.25) is 0 Å². The zero-order chi connectivity index (χ0) is 29.1. The summed E-state index contributed by atoms with van der Waals surface area (Å²) in [7, 11) is 5.39. The molecule has 1 aromatic rings. The summed E-state index contributed by atoms with van der Waals surface area (Å²) in [6, 6.07) is 6.76. The Balaban J connectivity index is 1.49. The van der Waals surface area contributed by atoms with Crippen molar-refractivity contribution in [2.75, 3.05) is 31.0 Å². The zero-order valence-corrected chi connectivity index (χ0v) is 23.7. The smallest absolute Gasteiger partial charge is 0.229 e. The average molecular weight is 602 g/mol. The summed E-state index contributed by atoms with van der Waals surface area (Å²) in [5.41, 5.74) is -0.396. The highest BCUT2D eigenvalue weighted by molar-refractivity contribution is 8.19. The Morgan fingerprint density at radius 3 is 2.35 bits per heavy atom. The second kappa shape index (κ2) is 13.4. The zero-order valence-electron chi connectivity index (χ0n) is 22.0. The number of thiocarbonyl (C=S) groups is 1. The van der Waals surface area contributed by atoms with Gasteiger partial charge in [-0.3, -0.25) is 0 Å². The molecule has 222 valence electrons. The van der Waals surface area contributed by atoms with Crippen molar-refractivity contribution in [3.63, 3.8) is 0 Å². The van der Waals surface area contributed by atoms with Gasteiger partial charge in [-0.2, -0.15) is 0 Å². The summed E-state index contributed by atoms with van der Waals surface area (Å²) in [4.78, 5) is 0. The highest BCUT2D eigenvalue weighted by atomic mass is 32.2. The lowest BCUT2D eigenvalue weighted by Gasteiger charge is -2.51. The van der Waals surface area contributed by atoms with Crippen molar-refractivity contribution < 1.29 is 54.0 Å². The van der Waals surface area contributed by atoms with Crippen molar-refractivity contribution in [1.29, 1.82) is 0 Å². The van der Waals surface area contributed by atoms with E-state index in [4.69, 9.17) is 47.8 Å². The Hall–Kier alpha value is -1.28. The first-order valence-electron chi connectivity index (χ1n) is 12.7. The predicted molar refractivity (Wildman–Crippen MR) is 147 cm³/mol. The Morgan fingerprint density at radius 1 is 1.05 bits per heavy atom. The van der Waals surface area contributed by atoms with Gasteiger partial charge in [-0.15, -0.1) is 0 Å². The van der Waals surface area contributed by atoms with E-state index in [0.29, 0.717) is 22.4 Å². The minimum absolute atomic E-state index is 0.0630. The molecule has 0 aromatic heterocycles. The van der Waals surface area contributed by atoms with Gasteiger partial charge in [-0.25, -0.2) is 11.6 Å². The molecule has 0 saturated carbocycles. The highest BCUT2D eigenvalue weighted by Crippen LogP contribution is 2.39. The average Bonchev–Trinajstić information content (AvgIpc) is 2.93. The molecular weight excluding hydrogens is 567 g/mol. The first-order chi connectivity index (χ1) is 19.0. The van der Waals surface area contributed by atoms with Crippen LogP contribution < -0.4 is 15.4 Å². The van der Waals surface area contributed by atoms with Gasteiger partial charge in [0.1, 0.15) is 41.9 Å². The molecule has 3 fully saturated rings. The molecule has 1 aromatic carbocycles. The Morgan fingerprint density at radius 2 is 1.73 bits per heavy atom. The van der Waals surface area contributed by atoms with Crippen LogP contribution in [-0.2, 0) is 23.7 Å². The summed E-state index contributed by atoms with van der Waals surface area (Å²) in [6.45, 7) is 3.09. The number of aliphatic hydroxyl groups is 5. The fourth-order valence-electron chi connectivity index (χ4n) is 4.51. The monoisotopic (exact) mass is 602 g/mol. The van der Waals surface area contributed by atoms with Gasteiger partial charge in [-0.05, 0) is 50.3 Å². The second-order valence-electron chi connectivity index (χ2n) is 10.3. The fourth-order valence-corrected chi connectivity index (χ4v) is 5.02. The molecule has 3 aliphatic heterocycles. The number of anilines is 1. The molecule has 3 aliphatic rings. The van der Waals surface area contributed by atoms with Crippen molar-refractivity contribution in [1.82, 2.24) is 5.32 Å². The summed E-state index contributed by atoms with van der Waals surface area (Å²) >= 11 is 6.30. The maximum atomic E-state index is 11.2. The molecule has 0 aliphatic carbocycles. The summed E-state index contributed by atoms with van der Waals surface area (Å²) in [6.07, 6.45) is -11.1. The maximum Gasteiger partial charge on any atom is 0.229 e. The van der Waals surface area contributed by atoms with Gasteiger partial charge < -0.3 is 64.6 Å². The van der Waals surface area contributed by atoms with Crippen LogP contribution in [0.4, 0.5) is 5.69 Å². The van der Waals surface area contributed by atoms with Crippen molar-refractivity contribution in [3.8, 4) is 5.75 Å². The number of nitrogens with one attached hydrogen (secondary N) is 2. The number of aliphatic hydroxyl groups excluding tert-OH is 5. The van der Waals surface area contributed by atoms with Crippen molar-refractivity contribution in [2.45, 2.75) is 80.9 Å². The third kappa shape index (κ3) is 7.56. The largest absolute Gasteiger partial charge is 0.462 e. The number of benzene rings is 1.